The van der Waals surface area contributed by atoms with Crippen LogP contribution in [0.25, 0.3) is 6.08 Å². The maximum Gasteiger partial charge on any atom is 0.335 e. The maximum atomic E-state index is 12.4. The number of hydrogen-bond donors (Lipinski definition) is 1. The van der Waals surface area contributed by atoms with E-state index in [9.17, 15) is 19.7 Å². The molecule has 0 unspecified atom stereocenters. The van der Waals surface area contributed by atoms with E-state index >= 15 is 0 Å². The largest absolute Gasteiger partial charge is 0.478 e. The van der Waals surface area contributed by atoms with Crippen molar-refractivity contribution in [2.75, 3.05) is 7.05 Å². The Hall–Kier alpha value is -3.46. The van der Waals surface area contributed by atoms with Gasteiger partial charge in [-0.2, -0.15) is 0 Å². The predicted octanol–water partition coefficient (Wildman–Crippen LogP) is 3.53. The Bertz CT molecular complexity index is 998. The van der Waals surface area contributed by atoms with Gasteiger partial charge in [0.2, 0.25) is 0 Å². The van der Waals surface area contributed by atoms with Crippen LogP contribution in [0.2, 0.25) is 0 Å². The summed E-state index contributed by atoms with van der Waals surface area (Å²) in [7, 11) is 1.58. The molecule has 2 aromatic carbocycles. The summed E-state index contributed by atoms with van der Waals surface area (Å²) in [4.78, 5) is 39.8. The number of carboxylic acids is 1. The van der Waals surface area contributed by atoms with E-state index in [4.69, 9.17) is 5.11 Å². The molecule has 9 heteroatoms. The summed E-state index contributed by atoms with van der Waals surface area (Å²) in [5.74, 6) is -1.31. The van der Waals surface area contributed by atoms with Crippen molar-refractivity contribution in [1.82, 2.24) is 4.90 Å². The quantitative estimate of drug-likeness (QED) is 0.491. The lowest BCUT2D eigenvalue weighted by atomic mass is 10.2. The highest BCUT2D eigenvalue weighted by atomic mass is 32.2. The first-order valence-electron chi connectivity index (χ1n) is 7.69. The van der Waals surface area contributed by atoms with Crippen molar-refractivity contribution < 1.29 is 19.6 Å². The number of rotatable bonds is 4. The molecule has 1 saturated heterocycles. The summed E-state index contributed by atoms with van der Waals surface area (Å²) in [6.07, 6.45) is 1.63. The van der Waals surface area contributed by atoms with Crippen molar-refractivity contribution in [3.05, 3.63) is 74.7 Å². The van der Waals surface area contributed by atoms with Crippen molar-refractivity contribution in [2.45, 2.75) is 0 Å². The van der Waals surface area contributed by atoms with E-state index in [-0.39, 0.29) is 17.2 Å². The van der Waals surface area contributed by atoms with Crippen LogP contribution in [-0.2, 0) is 4.79 Å². The normalized spacial score (nSPS) is 16.9. The van der Waals surface area contributed by atoms with Crippen LogP contribution in [0.1, 0.15) is 15.9 Å². The zero-order valence-electron chi connectivity index (χ0n) is 14.0. The molecule has 0 radical (unpaired) electrons. The van der Waals surface area contributed by atoms with Gasteiger partial charge in [0.05, 0.1) is 21.1 Å². The van der Waals surface area contributed by atoms with Gasteiger partial charge in [-0.3, -0.25) is 19.8 Å². The van der Waals surface area contributed by atoms with Gasteiger partial charge in [-0.15, -0.1) is 0 Å². The number of nitro benzene ring substituents is 1. The second-order valence-corrected chi connectivity index (χ2v) is 6.58. The summed E-state index contributed by atoms with van der Waals surface area (Å²) in [5, 5.41) is 20.2. The number of non-ortho nitro benzene ring substituents is 1. The fraction of sp³-hybridized carbons (Fsp3) is 0.0556. The van der Waals surface area contributed by atoms with Gasteiger partial charge in [-0.25, -0.2) is 9.79 Å². The fourth-order valence-electron chi connectivity index (χ4n) is 2.31. The topological polar surface area (TPSA) is 113 Å². The molecule has 1 aliphatic rings. The van der Waals surface area contributed by atoms with Crippen molar-refractivity contribution in [2.24, 2.45) is 4.99 Å². The molecule has 1 fully saturated rings. The Morgan fingerprint density at radius 3 is 2.59 bits per heavy atom. The highest BCUT2D eigenvalue weighted by molar-refractivity contribution is 8.18. The summed E-state index contributed by atoms with van der Waals surface area (Å²) in [6, 6.07) is 12.0. The Morgan fingerprint density at radius 1 is 1.26 bits per heavy atom. The Kier molecular flexibility index (Phi) is 5.04. The average molecular weight is 383 g/mol. The lowest BCUT2D eigenvalue weighted by Gasteiger charge is -2.07. The number of carbonyl (C=O) groups is 2. The minimum Gasteiger partial charge on any atom is -0.478 e. The molecule has 0 aromatic heterocycles. The molecular weight excluding hydrogens is 370 g/mol. The third-order valence-electron chi connectivity index (χ3n) is 3.72. The number of nitrogens with zero attached hydrogens (tertiary/aromatic N) is 3. The molecular formula is C18H13N3O5S. The summed E-state index contributed by atoms with van der Waals surface area (Å²) in [5.41, 5.74) is 1.16. The van der Waals surface area contributed by atoms with Crippen molar-refractivity contribution in [1.29, 1.82) is 0 Å². The van der Waals surface area contributed by atoms with Gasteiger partial charge in [-0.05, 0) is 53.7 Å². The molecule has 0 atom stereocenters. The lowest BCUT2D eigenvalue weighted by Crippen LogP contribution is -2.23. The lowest BCUT2D eigenvalue weighted by molar-refractivity contribution is -0.384. The SMILES string of the molecule is CN1C(=O)/C(=C\c2ccc([N+](=O)[O-])cc2)SC1=Nc1cccc(C(=O)O)c1. The molecule has 1 N–H and O–H groups in total. The standard InChI is InChI=1S/C18H13N3O5S/c1-20-16(22)15(9-11-5-7-14(8-6-11)21(25)26)27-18(20)19-13-4-2-3-12(10-13)17(23)24/h2-10H,1H3,(H,23,24)/b15-9+,19-18?. The number of carbonyl (C=O) groups excluding carboxylic acids is 1. The molecule has 0 spiro atoms. The van der Waals surface area contributed by atoms with Gasteiger partial charge in [0, 0.05) is 19.2 Å². The minimum atomic E-state index is -1.06. The van der Waals surface area contributed by atoms with Crippen LogP contribution in [0, 0.1) is 10.1 Å². The summed E-state index contributed by atoms with van der Waals surface area (Å²) < 4.78 is 0. The molecule has 1 aliphatic heterocycles. The van der Waals surface area contributed by atoms with Gasteiger partial charge in [0.1, 0.15) is 0 Å². The fourth-order valence-corrected chi connectivity index (χ4v) is 3.30. The summed E-state index contributed by atoms with van der Waals surface area (Å²) >= 11 is 1.15. The third-order valence-corrected chi connectivity index (χ3v) is 4.78. The molecule has 1 heterocycles. The molecule has 0 bridgehead atoms. The van der Waals surface area contributed by atoms with Crippen LogP contribution in [-0.4, -0.2) is 39.0 Å². The monoisotopic (exact) mass is 383 g/mol. The minimum absolute atomic E-state index is 0.0276. The molecule has 8 nitrogen and oxygen atoms in total. The number of amides is 1. The van der Waals surface area contributed by atoms with E-state index in [0.29, 0.717) is 21.3 Å². The van der Waals surface area contributed by atoms with Crippen molar-refractivity contribution in [3.63, 3.8) is 0 Å². The molecule has 1 amide bonds. The molecule has 136 valence electrons. The maximum absolute atomic E-state index is 12.4. The number of nitro groups is 1. The van der Waals surface area contributed by atoms with Crippen LogP contribution >= 0.6 is 11.8 Å². The van der Waals surface area contributed by atoms with E-state index in [2.05, 4.69) is 4.99 Å². The first kappa shape index (κ1) is 18.3. The van der Waals surface area contributed by atoms with E-state index in [1.165, 1.54) is 29.2 Å². The summed E-state index contributed by atoms with van der Waals surface area (Å²) in [6.45, 7) is 0. The second kappa shape index (κ2) is 7.42. The average Bonchev–Trinajstić information content (AvgIpc) is 2.90. The molecule has 2 aromatic rings. The Labute approximate surface area is 158 Å². The van der Waals surface area contributed by atoms with E-state index in [0.717, 1.165) is 11.8 Å². The highest BCUT2D eigenvalue weighted by Crippen LogP contribution is 2.33. The number of likely N-dealkylation sites (N-methyl/N-ethyl adjacent to an activating group) is 1. The zero-order chi connectivity index (χ0) is 19.6. The van der Waals surface area contributed by atoms with Gasteiger partial charge < -0.3 is 5.11 Å². The Morgan fingerprint density at radius 2 is 1.96 bits per heavy atom. The molecule has 27 heavy (non-hydrogen) atoms. The smallest absolute Gasteiger partial charge is 0.335 e. The van der Waals surface area contributed by atoms with Gasteiger partial charge in [0.15, 0.2) is 5.17 Å². The second-order valence-electron chi connectivity index (χ2n) is 5.57. The number of thioether (sulfide) groups is 1. The van der Waals surface area contributed by atoms with Gasteiger partial charge >= 0.3 is 5.97 Å². The molecule has 0 aliphatic carbocycles. The Balaban J connectivity index is 1.87. The number of carboxylic acid groups (broad SMARTS) is 1. The first-order chi connectivity index (χ1) is 12.8. The molecule has 0 saturated carbocycles. The van der Waals surface area contributed by atoms with Crippen molar-refractivity contribution in [3.8, 4) is 0 Å². The zero-order valence-corrected chi connectivity index (χ0v) is 14.8. The van der Waals surface area contributed by atoms with E-state index in [1.807, 2.05) is 0 Å². The predicted molar refractivity (Wildman–Crippen MR) is 102 cm³/mol. The van der Waals surface area contributed by atoms with Crippen LogP contribution in [0.4, 0.5) is 11.4 Å². The number of hydrogen-bond acceptors (Lipinski definition) is 6. The first-order valence-corrected chi connectivity index (χ1v) is 8.51. The van der Waals surface area contributed by atoms with Crippen LogP contribution in [0.15, 0.2) is 58.4 Å². The van der Waals surface area contributed by atoms with Crippen LogP contribution in [0.5, 0.6) is 0 Å². The van der Waals surface area contributed by atoms with E-state index < -0.39 is 10.9 Å². The van der Waals surface area contributed by atoms with Gasteiger partial charge in [0.25, 0.3) is 11.6 Å². The van der Waals surface area contributed by atoms with Crippen molar-refractivity contribution >= 4 is 46.3 Å². The highest BCUT2D eigenvalue weighted by Gasteiger charge is 2.30. The van der Waals surface area contributed by atoms with Crippen LogP contribution in [0.3, 0.4) is 0 Å². The molecule has 3 rings (SSSR count). The number of aliphatic imine (C=N–C) groups is 1. The number of aromatic carboxylic acids is 1. The third kappa shape index (κ3) is 4.04. The van der Waals surface area contributed by atoms with Gasteiger partial charge in [-0.1, -0.05) is 6.07 Å². The number of amidine groups is 1. The van der Waals surface area contributed by atoms with E-state index in [1.54, 1.807) is 37.4 Å². The van der Waals surface area contributed by atoms with Crippen LogP contribution < -0.4 is 0 Å². The number of benzene rings is 2.